The maximum Gasteiger partial charge on any atom is 0.494 e. The monoisotopic (exact) mass is 492 g/mol. The molecule has 8 rings (SSSR count). The Morgan fingerprint density at radius 3 is 2.03 bits per heavy atom. The Morgan fingerprint density at radius 2 is 1.24 bits per heavy atom. The molecule has 0 saturated carbocycles. The van der Waals surface area contributed by atoms with Gasteiger partial charge >= 0.3 is 7.12 Å². The minimum absolute atomic E-state index is 0.384. The number of benzene rings is 5. The molecule has 0 N–H and O–H groups in total. The lowest BCUT2D eigenvalue weighted by molar-refractivity contribution is 0.00578. The highest BCUT2D eigenvalue weighted by atomic mass is 16.7. The highest BCUT2D eigenvalue weighted by Gasteiger charge is 2.53. The number of rotatable bonds is 2. The van der Waals surface area contributed by atoms with Gasteiger partial charge in [0.2, 0.25) is 0 Å². The van der Waals surface area contributed by atoms with Gasteiger partial charge in [-0.25, -0.2) is 0 Å². The zero-order chi connectivity index (χ0) is 25.9. The highest BCUT2D eigenvalue weighted by Crippen LogP contribution is 2.62. The van der Waals surface area contributed by atoms with Gasteiger partial charge in [0.15, 0.2) is 0 Å². The van der Waals surface area contributed by atoms with Crippen LogP contribution in [-0.4, -0.2) is 18.3 Å². The maximum atomic E-state index is 6.49. The predicted octanol–water partition coefficient (Wildman–Crippen LogP) is 7.48. The van der Waals surface area contributed by atoms with Gasteiger partial charge < -0.3 is 9.31 Å². The van der Waals surface area contributed by atoms with Crippen LogP contribution in [0.25, 0.3) is 33.0 Å². The molecule has 0 aromatic heterocycles. The Morgan fingerprint density at radius 1 is 0.553 bits per heavy atom. The van der Waals surface area contributed by atoms with Gasteiger partial charge in [-0.1, -0.05) is 103 Å². The first-order valence-corrected chi connectivity index (χ1v) is 13.5. The smallest absolute Gasteiger partial charge is 0.399 e. The first-order valence-electron chi connectivity index (χ1n) is 13.5. The summed E-state index contributed by atoms with van der Waals surface area (Å²) in [4.78, 5) is 0. The van der Waals surface area contributed by atoms with E-state index < -0.39 is 7.12 Å². The van der Waals surface area contributed by atoms with E-state index in [1.54, 1.807) is 0 Å². The molecule has 0 spiro atoms. The van der Waals surface area contributed by atoms with Gasteiger partial charge in [0.05, 0.1) is 16.6 Å². The van der Waals surface area contributed by atoms with Crippen LogP contribution in [0.1, 0.15) is 49.9 Å². The van der Waals surface area contributed by atoms with Crippen LogP contribution in [0.15, 0.2) is 103 Å². The largest absolute Gasteiger partial charge is 0.494 e. The third-order valence-electron chi connectivity index (χ3n) is 9.51. The van der Waals surface area contributed by atoms with Crippen LogP contribution in [0.5, 0.6) is 0 Å². The molecule has 5 aromatic carbocycles. The Bertz CT molecular complexity index is 1770. The van der Waals surface area contributed by atoms with Crippen molar-refractivity contribution in [2.45, 2.75) is 44.3 Å². The number of hydrogen-bond donors (Lipinski definition) is 0. The van der Waals surface area contributed by atoms with Crippen LogP contribution in [0.4, 0.5) is 0 Å². The summed E-state index contributed by atoms with van der Waals surface area (Å²) in [6, 6.07) is 38.2. The van der Waals surface area contributed by atoms with Crippen molar-refractivity contribution in [1.82, 2.24) is 0 Å². The first kappa shape index (κ1) is 22.3. The summed E-state index contributed by atoms with van der Waals surface area (Å²) in [6.07, 6.45) is 0. The molecule has 3 aliphatic rings. The Hall–Kier alpha value is -3.66. The van der Waals surface area contributed by atoms with Crippen LogP contribution >= 0.6 is 0 Å². The number of fused-ring (bicyclic) bond motifs is 6. The predicted molar refractivity (Wildman–Crippen MR) is 156 cm³/mol. The molecular weight excluding hydrogens is 463 g/mol. The fourth-order valence-corrected chi connectivity index (χ4v) is 7.06. The zero-order valence-corrected chi connectivity index (χ0v) is 22.2. The van der Waals surface area contributed by atoms with Crippen LogP contribution in [0.2, 0.25) is 0 Å². The maximum absolute atomic E-state index is 6.49. The normalized spacial score (nSPS) is 21.4. The molecule has 1 heterocycles. The average molecular weight is 492 g/mol. The van der Waals surface area contributed by atoms with E-state index in [-0.39, 0.29) is 16.6 Å². The summed E-state index contributed by atoms with van der Waals surface area (Å²) in [6.45, 7) is 8.46. The van der Waals surface area contributed by atoms with Crippen molar-refractivity contribution in [1.29, 1.82) is 0 Å². The summed E-state index contributed by atoms with van der Waals surface area (Å²) < 4.78 is 13.0. The summed E-state index contributed by atoms with van der Waals surface area (Å²) in [5.74, 6) is 0. The third-order valence-corrected chi connectivity index (χ3v) is 9.51. The molecule has 1 saturated heterocycles. The Labute approximate surface area is 224 Å². The molecule has 38 heavy (non-hydrogen) atoms. The third kappa shape index (κ3) is 2.61. The molecule has 1 aliphatic heterocycles. The molecule has 2 nitrogen and oxygen atoms in total. The van der Waals surface area contributed by atoms with Crippen molar-refractivity contribution >= 4 is 23.4 Å². The summed E-state index contributed by atoms with van der Waals surface area (Å²) in [7, 11) is -0.402. The Kier molecular flexibility index (Phi) is 4.26. The fraction of sp³-hybridized carbons (Fsp3) is 0.200. The standard InChI is InChI=1S/C35H29BO2/c1-33(2)34(3,4)38-36(37-33)24-18-20-30-28(21-24)26-15-10-11-22-17-19-27-25-14-8-9-16-29(25)35(30,32(27)31(22)26)23-12-6-5-7-13-23/h5-21H,1-4H3. The minimum atomic E-state index is -0.402. The second-order valence-corrected chi connectivity index (χ2v) is 11.9. The summed E-state index contributed by atoms with van der Waals surface area (Å²) >= 11 is 0. The molecule has 0 radical (unpaired) electrons. The molecule has 2 aliphatic carbocycles. The zero-order valence-electron chi connectivity index (χ0n) is 22.2. The van der Waals surface area contributed by atoms with E-state index in [1.807, 2.05) is 0 Å². The van der Waals surface area contributed by atoms with E-state index in [1.165, 1.54) is 55.3 Å². The minimum Gasteiger partial charge on any atom is -0.399 e. The lowest BCUT2D eigenvalue weighted by Gasteiger charge is -2.40. The van der Waals surface area contributed by atoms with E-state index in [4.69, 9.17) is 9.31 Å². The second kappa shape index (κ2) is 7.25. The fourth-order valence-electron chi connectivity index (χ4n) is 7.06. The molecular formula is C35H29BO2. The number of hydrogen-bond acceptors (Lipinski definition) is 2. The van der Waals surface area contributed by atoms with Gasteiger partial charge in [-0.3, -0.25) is 0 Å². The quantitative estimate of drug-likeness (QED) is 0.233. The first-order chi connectivity index (χ1) is 18.3. The Balaban J connectivity index is 1.49. The van der Waals surface area contributed by atoms with Gasteiger partial charge in [0, 0.05) is 0 Å². The average Bonchev–Trinajstić information content (AvgIpc) is 3.36. The molecule has 0 amide bonds. The molecule has 1 atom stereocenters. The molecule has 184 valence electrons. The van der Waals surface area contributed by atoms with Crippen LogP contribution in [-0.2, 0) is 14.7 Å². The SMILES string of the molecule is CC1(C)OB(c2ccc3c(c2)-c2cccc4ccc5c(c24)C3(c2ccccc2)c2ccccc2-5)OC1(C)C. The van der Waals surface area contributed by atoms with E-state index >= 15 is 0 Å². The highest BCUT2D eigenvalue weighted by molar-refractivity contribution is 6.62. The van der Waals surface area contributed by atoms with Crippen molar-refractivity contribution in [2.24, 2.45) is 0 Å². The van der Waals surface area contributed by atoms with E-state index in [2.05, 4.69) is 131 Å². The van der Waals surface area contributed by atoms with Crippen molar-refractivity contribution in [3.05, 3.63) is 125 Å². The van der Waals surface area contributed by atoms with Crippen molar-refractivity contribution < 1.29 is 9.31 Å². The lowest BCUT2D eigenvalue weighted by Crippen LogP contribution is -2.41. The molecule has 0 bridgehead atoms. The van der Waals surface area contributed by atoms with Crippen molar-refractivity contribution in [3.8, 4) is 22.3 Å². The van der Waals surface area contributed by atoms with E-state index in [0.717, 1.165) is 5.46 Å². The summed E-state index contributed by atoms with van der Waals surface area (Å²) in [5.41, 5.74) is 10.5. The van der Waals surface area contributed by atoms with Gasteiger partial charge in [0.1, 0.15) is 0 Å². The van der Waals surface area contributed by atoms with Crippen LogP contribution in [0, 0.1) is 0 Å². The molecule has 3 heteroatoms. The second-order valence-electron chi connectivity index (χ2n) is 11.9. The van der Waals surface area contributed by atoms with Gasteiger partial charge in [-0.2, -0.15) is 0 Å². The van der Waals surface area contributed by atoms with Gasteiger partial charge in [-0.15, -0.1) is 0 Å². The van der Waals surface area contributed by atoms with Crippen LogP contribution in [0.3, 0.4) is 0 Å². The molecule has 1 fully saturated rings. The van der Waals surface area contributed by atoms with Crippen LogP contribution < -0.4 is 5.46 Å². The lowest BCUT2D eigenvalue weighted by atomic mass is 9.61. The molecule has 1 unspecified atom stereocenters. The summed E-state index contributed by atoms with van der Waals surface area (Å²) in [5, 5.41) is 2.63. The van der Waals surface area contributed by atoms with Crippen molar-refractivity contribution in [3.63, 3.8) is 0 Å². The van der Waals surface area contributed by atoms with E-state index in [9.17, 15) is 0 Å². The molecule has 5 aromatic rings. The van der Waals surface area contributed by atoms with Gasteiger partial charge in [0.25, 0.3) is 0 Å². The van der Waals surface area contributed by atoms with Gasteiger partial charge in [-0.05, 0) is 88.4 Å². The van der Waals surface area contributed by atoms with E-state index in [0.29, 0.717) is 0 Å². The topological polar surface area (TPSA) is 18.5 Å². The van der Waals surface area contributed by atoms with Crippen molar-refractivity contribution in [2.75, 3.05) is 0 Å².